The van der Waals surface area contributed by atoms with Crippen LogP contribution in [0.25, 0.3) is 0 Å². The van der Waals surface area contributed by atoms with Crippen LogP contribution >= 0.6 is 23.2 Å². The minimum atomic E-state index is -3.99. The maximum Gasteiger partial charge on any atom is 0.264 e. The van der Waals surface area contributed by atoms with Gasteiger partial charge in [-0.2, -0.15) is 0 Å². The smallest absolute Gasteiger partial charge is 0.264 e. The molecule has 0 spiro atoms. The van der Waals surface area contributed by atoms with Gasteiger partial charge in [-0.3, -0.25) is 9.52 Å². The van der Waals surface area contributed by atoms with Crippen molar-refractivity contribution in [3.05, 3.63) is 82.3 Å². The number of morpholine rings is 1. The normalized spacial score (nSPS) is 14.0. The molecule has 1 aliphatic rings. The molecule has 0 saturated carbocycles. The van der Waals surface area contributed by atoms with Gasteiger partial charge in [0.2, 0.25) is 0 Å². The average Bonchev–Trinajstić information content (AvgIpc) is 2.85. The van der Waals surface area contributed by atoms with Gasteiger partial charge in [0, 0.05) is 29.4 Å². The Balaban J connectivity index is 1.62. The molecule has 0 amide bonds. The standard InChI is InChI=1S/C24H23Cl2N3O4S/c25-18-7-5-17(6-8-18)23(30)16-27-19-9-10-22(29-11-13-33-14-12-29)24(15-19)34(31,32)28-21-4-2-1-3-20(21)26/h1-10,15,27-28H,11-14,16H2. The molecule has 3 aromatic rings. The molecular formula is C24H23Cl2N3O4S. The first-order chi connectivity index (χ1) is 16.3. The minimum Gasteiger partial charge on any atom is -0.378 e. The molecule has 1 heterocycles. The number of anilines is 3. The van der Waals surface area contributed by atoms with Crippen molar-refractivity contribution < 1.29 is 17.9 Å². The summed E-state index contributed by atoms with van der Waals surface area (Å²) in [6.45, 7) is 2.14. The summed E-state index contributed by atoms with van der Waals surface area (Å²) in [5, 5.41) is 3.87. The van der Waals surface area contributed by atoms with Crippen LogP contribution in [-0.4, -0.2) is 47.0 Å². The monoisotopic (exact) mass is 519 g/mol. The summed E-state index contributed by atoms with van der Waals surface area (Å²) in [6.07, 6.45) is 0. The summed E-state index contributed by atoms with van der Waals surface area (Å²) in [5.41, 5.74) is 1.85. The SMILES string of the molecule is O=C(CNc1ccc(N2CCOCC2)c(S(=O)(=O)Nc2ccccc2Cl)c1)c1ccc(Cl)cc1. The molecule has 7 nitrogen and oxygen atoms in total. The highest BCUT2D eigenvalue weighted by molar-refractivity contribution is 7.93. The fourth-order valence-corrected chi connectivity index (χ4v) is 5.27. The highest BCUT2D eigenvalue weighted by Crippen LogP contribution is 2.32. The van der Waals surface area contributed by atoms with Crippen molar-refractivity contribution in [2.45, 2.75) is 4.90 Å². The third-order valence-corrected chi connectivity index (χ3v) is 7.31. The summed E-state index contributed by atoms with van der Waals surface area (Å²) in [7, 11) is -3.99. The zero-order valence-corrected chi connectivity index (χ0v) is 20.5. The number of Topliss-reactive ketones (excluding diaryl/α,β-unsaturated/α-hetero) is 1. The number of ketones is 1. The molecular weight excluding hydrogens is 497 g/mol. The van der Waals surface area contributed by atoms with Gasteiger partial charge in [-0.1, -0.05) is 35.3 Å². The van der Waals surface area contributed by atoms with Crippen molar-refractivity contribution in [1.29, 1.82) is 0 Å². The molecule has 0 aliphatic carbocycles. The van der Waals surface area contributed by atoms with Crippen LogP contribution < -0.4 is 14.9 Å². The Kier molecular flexibility index (Phi) is 7.63. The first kappa shape index (κ1) is 24.3. The highest BCUT2D eigenvalue weighted by atomic mass is 35.5. The molecule has 3 aromatic carbocycles. The van der Waals surface area contributed by atoms with E-state index in [2.05, 4.69) is 10.0 Å². The second-order valence-electron chi connectivity index (χ2n) is 7.65. The van der Waals surface area contributed by atoms with Crippen LogP contribution in [0.5, 0.6) is 0 Å². The second kappa shape index (κ2) is 10.7. The summed E-state index contributed by atoms with van der Waals surface area (Å²) >= 11 is 12.1. The predicted molar refractivity (Wildman–Crippen MR) is 136 cm³/mol. The molecule has 10 heteroatoms. The van der Waals surface area contributed by atoms with E-state index in [0.29, 0.717) is 53.3 Å². The lowest BCUT2D eigenvalue weighted by Gasteiger charge is -2.30. The van der Waals surface area contributed by atoms with Gasteiger partial charge in [0.25, 0.3) is 10.0 Å². The Bertz CT molecular complexity index is 1280. The minimum absolute atomic E-state index is 0.00401. The lowest BCUT2D eigenvalue weighted by molar-refractivity contribution is 0.101. The Morgan fingerprint density at radius 1 is 0.971 bits per heavy atom. The maximum absolute atomic E-state index is 13.4. The van der Waals surface area contributed by atoms with Gasteiger partial charge in [-0.15, -0.1) is 0 Å². The molecule has 178 valence electrons. The lowest BCUT2D eigenvalue weighted by atomic mass is 10.1. The first-order valence-corrected chi connectivity index (χ1v) is 12.8. The van der Waals surface area contributed by atoms with Crippen molar-refractivity contribution >= 4 is 56.1 Å². The lowest BCUT2D eigenvalue weighted by Crippen LogP contribution is -2.37. The zero-order chi connectivity index (χ0) is 24.1. The Labute approximate surface area is 208 Å². The van der Waals surface area contributed by atoms with Gasteiger partial charge in [-0.05, 0) is 54.6 Å². The van der Waals surface area contributed by atoms with Gasteiger partial charge in [-0.25, -0.2) is 8.42 Å². The number of nitrogens with zero attached hydrogens (tertiary/aromatic N) is 1. The van der Waals surface area contributed by atoms with Crippen molar-refractivity contribution in [3.8, 4) is 0 Å². The molecule has 4 rings (SSSR count). The number of hydrogen-bond acceptors (Lipinski definition) is 6. The number of carbonyl (C=O) groups is 1. The van der Waals surface area contributed by atoms with Crippen molar-refractivity contribution in [2.75, 3.05) is 47.8 Å². The third kappa shape index (κ3) is 5.82. The van der Waals surface area contributed by atoms with Crippen LogP contribution in [0.3, 0.4) is 0 Å². The van der Waals surface area contributed by atoms with Crippen molar-refractivity contribution in [3.63, 3.8) is 0 Å². The molecule has 0 radical (unpaired) electrons. The quantitative estimate of drug-likeness (QED) is 0.410. The average molecular weight is 520 g/mol. The number of nitrogens with one attached hydrogen (secondary N) is 2. The summed E-state index contributed by atoms with van der Waals surface area (Å²) in [5.74, 6) is -0.146. The van der Waals surface area contributed by atoms with Crippen LogP contribution in [0.4, 0.5) is 17.1 Å². The maximum atomic E-state index is 13.4. The molecule has 1 fully saturated rings. The highest BCUT2D eigenvalue weighted by Gasteiger charge is 2.25. The molecule has 0 unspecified atom stereocenters. The summed E-state index contributed by atoms with van der Waals surface area (Å²) in [4.78, 5) is 14.6. The van der Waals surface area contributed by atoms with E-state index in [9.17, 15) is 13.2 Å². The zero-order valence-electron chi connectivity index (χ0n) is 18.1. The largest absolute Gasteiger partial charge is 0.378 e. The molecule has 2 N–H and O–H groups in total. The van der Waals surface area contributed by atoms with Gasteiger partial charge in [0.1, 0.15) is 4.90 Å². The molecule has 0 atom stereocenters. The first-order valence-electron chi connectivity index (χ1n) is 10.6. The van der Waals surface area contributed by atoms with E-state index in [-0.39, 0.29) is 22.9 Å². The number of hydrogen-bond donors (Lipinski definition) is 2. The Morgan fingerprint density at radius 2 is 1.68 bits per heavy atom. The fraction of sp³-hybridized carbons (Fsp3) is 0.208. The van der Waals surface area contributed by atoms with E-state index in [4.69, 9.17) is 27.9 Å². The molecule has 1 saturated heterocycles. The molecule has 34 heavy (non-hydrogen) atoms. The number of para-hydroxylation sites is 1. The van der Waals surface area contributed by atoms with Crippen LogP contribution in [0.1, 0.15) is 10.4 Å². The van der Waals surface area contributed by atoms with Gasteiger partial charge in [0.15, 0.2) is 5.78 Å². The molecule has 1 aliphatic heterocycles. The van der Waals surface area contributed by atoms with E-state index in [1.807, 2.05) is 4.90 Å². The second-order valence-corrected chi connectivity index (χ2v) is 10.1. The fourth-order valence-electron chi connectivity index (χ4n) is 3.57. The third-order valence-electron chi connectivity index (χ3n) is 5.34. The van der Waals surface area contributed by atoms with E-state index in [1.54, 1.807) is 60.7 Å². The molecule has 0 aromatic heterocycles. The van der Waals surface area contributed by atoms with E-state index < -0.39 is 10.0 Å². The number of carbonyl (C=O) groups excluding carboxylic acids is 1. The summed E-state index contributed by atoms with van der Waals surface area (Å²) in [6, 6.07) is 18.3. The summed E-state index contributed by atoms with van der Waals surface area (Å²) < 4.78 is 34.8. The molecule has 0 bridgehead atoms. The number of benzene rings is 3. The Hall–Kier alpha value is -2.78. The van der Waals surface area contributed by atoms with Gasteiger partial charge >= 0.3 is 0 Å². The number of ether oxygens (including phenoxy) is 1. The van der Waals surface area contributed by atoms with Gasteiger partial charge in [0.05, 0.1) is 36.2 Å². The predicted octanol–water partition coefficient (Wildman–Crippen LogP) is 4.93. The number of sulfonamides is 1. The van der Waals surface area contributed by atoms with Crippen molar-refractivity contribution in [2.24, 2.45) is 0 Å². The Morgan fingerprint density at radius 3 is 2.38 bits per heavy atom. The topological polar surface area (TPSA) is 87.7 Å². The van der Waals surface area contributed by atoms with E-state index >= 15 is 0 Å². The van der Waals surface area contributed by atoms with Crippen molar-refractivity contribution in [1.82, 2.24) is 0 Å². The number of rotatable bonds is 8. The van der Waals surface area contributed by atoms with Crippen LogP contribution in [0.15, 0.2) is 71.6 Å². The van der Waals surface area contributed by atoms with E-state index in [0.717, 1.165) is 0 Å². The van der Waals surface area contributed by atoms with E-state index in [1.165, 1.54) is 6.07 Å². The number of halogens is 2. The van der Waals surface area contributed by atoms with Crippen LogP contribution in [-0.2, 0) is 14.8 Å². The van der Waals surface area contributed by atoms with Gasteiger partial charge < -0.3 is 15.0 Å². The van der Waals surface area contributed by atoms with Crippen LogP contribution in [0.2, 0.25) is 10.0 Å². The van der Waals surface area contributed by atoms with Crippen LogP contribution in [0, 0.1) is 0 Å².